The van der Waals surface area contributed by atoms with Gasteiger partial charge in [-0.25, -0.2) is 4.79 Å². The van der Waals surface area contributed by atoms with Crippen molar-refractivity contribution in [1.29, 1.82) is 0 Å². The Morgan fingerprint density at radius 2 is 1.86 bits per heavy atom. The lowest BCUT2D eigenvalue weighted by molar-refractivity contribution is -0.305. The maximum atomic E-state index is 13.6. The smallest absolute Gasteiger partial charge is 0.458 e. The summed E-state index contributed by atoms with van der Waals surface area (Å²) in [6, 6.07) is 3.27. The molecule has 1 aromatic carbocycles. The molecule has 0 fully saturated rings. The molecule has 1 aromatic rings. The fraction of sp³-hybridized carbons (Fsp3) is 0.273. The van der Waals surface area contributed by atoms with Crippen molar-refractivity contribution in [2.24, 2.45) is 0 Å². The third-order valence-electron chi connectivity index (χ3n) is 2.41. The summed E-state index contributed by atoms with van der Waals surface area (Å²) >= 11 is 5.57. The van der Waals surface area contributed by atoms with E-state index >= 15 is 0 Å². The van der Waals surface area contributed by atoms with Crippen LogP contribution in [0.1, 0.15) is 10.4 Å². The van der Waals surface area contributed by atoms with Gasteiger partial charge in [0.2, 0.25) is 0 Å². The number of carbonyl (C=O) groups excluding carboxylic acids is 1. The van der Waals surface area contributed by atoms with Crippen LogP contribution in [0.5, 0.6) is 0 Å². The number of ether oxygens (including phenoxy) is 1. The highest BCUT2D eigenvalue weighted by atomic mass is 35.5. The number of amides is 1. The van der Waals surface area contributed by atoms with Gasteiger partial charge in [-0.3, -0.25) is 4.79 Å². The van der Waals surface area contributed by atoms with Crippen LogP contribution >= 0.6 is 11.6 Å². The lowest BCUT2D eigenvalue weighted by atomic mass is 10.1. The molecule has 1 rings (SSSR count). The predicted octanol–water partition coefficient (Wildman–Crippen LogP) is 2.85. The van der Waals surface area contributed by atoms with Crippen molar-refractivity contribution in [3.63, 3.8) is 0 Å². The first-order chi connectivity index (χ1) is 9.54. The van der Waals surface area contributed by atoms with E-state index in [1.807, 2.05) is 0 Å². The summed E-state index contributed by atoms with van der Waals surface area (Å²) in [4.78, 5) is 22.4. The molecule has 0 heterocycles. The van der Waals surface area contributed by atoms with E-state index in [9.17, 15) is 27.2 Å². The van der Waals surface area contributed by atoms with E-state index in [1.54, 1.807) is 0 Å². The van der Waals surface area contributed by atoms with Crippen LogP contribution in [0, 0.1) is 0 Å². The molecule has 1 unspecified atom stereocenters. The third kappa shape index (κ3) is 3.24. The molecule has 0 saturated carbocycles. The Bertz CT molecular complexity index is 578. The van der Waals surface area contributed by atoms with Crippen molar-refractivity contribution >= 4 is 29.2 Å². The van der Waals surface area contributed by atoms with Gasteiger partial charge in [0.1, 0.15) is 5.56 Å². The fourth-order valence-corrected chi connectivity index (χ4v) is 1.64. The molecule has 0 bridgehead atoms. The van der Waals surface area contributed by atoms with Gasteiger partial charge in [0.05, 0.1) is 10.7 Å². The van der Waals surface area contributed by atoms with E-state index < -0.39 is 35.2 Å². The molecule has 2 N–H and O–H groups in total. The number of hydrogen-bond donors (Lipinski definition) is 2. The zero-order chi connectivity index (χ0) is 16.4. The van der Waals surface area contributed by atoms with Gasteiger partial charge >= 0.3 is 18.0 Å². The number of carboxylic acid groups (broad SMARTS) is 1. The Morgan fingerprint density at radius 1 is 1.29 bits per heavy atom. The predicted molar refractivity (Wildman–Crippen MR) is 63.9 cm³/mol. The maximum Gasteiger partial charge on any atom is 0.458 e. The van der Waals surface area contributed by atoms with Crippen molar-refractivity contribution in [1.82, 2.24) is 0 Å². The van der Waals surface area contributed by atoms with Crippen molar-refractivity contribution in [3.05, 3.63) is 28.8 Å². The minimum Gasteiger partial charge on any atom is -0.478 e. The quantitative estimate of drug-likeness (QED) is 0.833. The second-order valence-electron chi connectivity index (χ2n) is 3.72. The average Bonchev–Trinajstić information content (AvgIpc) is 2.35. The van der Waals surface area contributed by atoms with Crippen LogP contribution in [0.4, 0.5) is 23.2 Å². The molecule has 0 radical (unpaired) electrons. The van der Waals surface area contributed by atoms with Crippen LogP contribution < -0.4 is 5.32 Å². The van der Waals surface area contributed by atoms with Crippen LogP contribution in [-0.4, -0.2) is 36.1 Å². The van der Waals surface area contributed by atoms with Crippen molar-refractivity contribution in [2.45, 2.75) is 12.0 Å². The molecule has 10 heteroatoms. The first-order valence-electron chi connectivity index (χ1n) is 5.18. The van der Waals surface area contributed by atoms with E-state index in [2.05, 4.69) is 4.74 Å². The van der Waals surface area contributed by atoms with Crippen molar-refractivity contribution in [2.75, 3.05) is 12.4 Å². The summed E-state index contributed by atoms with van der Waals surface area (Å²) < 4.78 is 54.7. The van der Waals surface area contributed by atoms with E-state index in [0.717, 1.165) is 12.1 Å². The van der Waals surface area contributed by atoms with Crippen LogP contribution in [-0.2, 0) is 9.53 Å². The highest BCUT2D eigenvalue weighted by molar-refractivity contribution is 6.34. The lowest BCUT2D eigenvalue weighted by Crippen LogP contribution is -2.52. The molecule has 116 valence electrons. The van der Waals surface area contributed by atoms with Gasteiger partial charge in [-0.05, 0) is 12.1 Å². The second kappa shape index (κ2) is 5.86. The molecular formula is C11H8ClF4NO4. The number of aromatic carboxylic acids is 1. The Labute approximate surface area is 120 Å². The minimum atomic E-state index is -5.65. The first-order valence-corrected chi connectivity index (χ1v) is 5.56. The Kier molecular flexibility index (Phi) is 4.79. The molecule has 5 nitrogen and oxygen atoms in total. The van der Waals surface area contributed by atoms with Gasteiger partial charge < -0.3 is 15.2 Å². The third-order valence-corrected chi connectivity index (χ3v) is 2.73. The maximum absolute atomic E-state index is 13.6. The zero-order valence-corrected chi connectivity index (χ0v) is 11.0. The standard InChI is InChI=1S/C11H8ClF4NO4/c1-21-10(13,11(14,15)16)9(20)17-6-4-2-3-5(12)7(6)8(18)19/h2-4H,1H3,(H,17,20)(H,18,19). The van der Waals surface area contributed by atoms with Crippen LogP contribution in [0.2, 0.25) is 5.02 Å². The normalized spacial score (nSPS) is 14.4. The fourth-order valence-electron chi connectivity index (χ4n) is 1.39. The van der Waals surface area contributed by atoms with Gasteiger partial charge in [-0.1, -0.05) is 17.7 Å². The molecule has 0 aliphatic carbocycles. The zero-order valence-electron chi connectivity index (χ0n) is 10.3. The molecule has 0 aromatic heterocycles. The summed E-state index contributed by atoms with van der Waals surface area (Å²) in [5, 5.41) is 10.1. The molecule has 0 aliphatic heterocycles. The number of benzene rings is 1. The van der Waals surface area contributed by atoms with E-state index in [1.165, 1.54) is 11.4 Å². The molecular weight excluding hydrogens is 322 g/mol. The number of carboxylic acids is 1. The number of nitrogens with one attached hydrogen (secondary N) is 1. The SMILES string of the molecule is COC(F)(C(=O)Nc1cccc(Cl)c1C(=O)O)C(F)(F)F. The number of methoxy groups -OCH3 is 1. The number of alkyl halides is 4. The van der Waals surface area contributed by atoms with Crippen LogP contribution in [0.15, 0.2) is 18.2 Å². The topological polar surface area (TPSA) is 75.6 Å². The van der Waals surface area contributed by atoms with Crippen molar-refractivity contribution in [3.8, 4) is 0 Å². The summed E-state index contributed by atoms with van der Waals surface area (Å²) in [6.45, 7) is 0. The molecule has 1 atom stereocenters. The largest absolute Gasteiger partial charge is 0.478 e. The van der Waals surface area contributed by atoms with E-state index in [0.29, 0.717) is 7.11 Å². The highest BCUT2D eigenvalue weighted by Crippen LogP contribution is 2.36. The molecule has 0 aliphatic rings. The minimum absolute atomic E-state index is 0.339. The number of rotatable bonds is 4. The monoisotopic (exact) mass is 329 g/mol. The van der Waals surface area contributed by atoms with E-state index in [4.69, 9.17) is 16.7 Å². The molecule has 21 heavy (non-hydrogen) atoms. The summed E-state index contributed by atoms with van der Waals surface area (Å²) in [5.74, 6) is -8.45. The van der Waals surface area contributed by atoms with Gasteiger partial charge in [0, 0.05) is 7.11 Å². The van der Waals surface area contributed by atoms with Crippen molar-refractivity contribution < 1.29 is 37.0 Å². The van der Waals surface area contributed by atoms with Gasteiger partial charge in [-0.15, -0.1) is 0 Å². The number of anilines is 1. The summed E-state index contributed by atoms with van der Waals surface area (Å²) in [7, 11) is 0.350. The Hall–Kier alpha value is -1.87. The summed E-state index contributed by atoms with van der Waals surface area (Å²) in [6.07, 6.45) is -5.65. The molecule has 0 saturated heterocycles. The lowest BCUT2D eigenvalue weighted by Gasteiger charge is -2.25. The number of hydrogen-bond acceptors (Lipinski definition) is 3. The van der Waals surface area contributed by atoms with Gasteiger partial charge in [-0.2, -0.15) is 17.6 Å². The van der Waals surface area contributed by atoms with Gasteiger partial charge in [0.25, 0.3) is 5.91 Å². The second-order valence-corrected chi connectivity index (χ2v) is 4.13. The summed E-state index contributed by atoms with van der Waals surface area (Å²) in [5.41, 5.74) is -1.27. The first kappa shape index (κ1) is 17.2. The molecule has 1 amide bonds. The Morgan fingerprint density at radius 3 is 2.29 bits per heavy atom. The van der Waals surface area contributed by atoms with Crippen LogP contribution in [0.3, 0.4) is 0 Å². The number of carbonyl (C=O) groups is 2. The van der Waals surface area contributed by atoms with E-state index in [-0.39, 0.29) is 5.02 Å². The average molecular weight is 330 g/mol. The highest BCUT2D eigenvalue weighted by Gasteiger charge is 2.63. The van der Waals surface area contributed by atoms with Crippen LogP contribution in [0.25, 0.3) is 0 Å². The Balaban J connectivity index is 3.21. The number of halogens is 5. The molecule has 0 spiro atoms. The van der Waals surface area contributed by atoms with Gasteiger partial charge in [0.15, 0.2) is 0 Å².